The van der Waals surface area contributed by atoms with Gasteiger partial charge in [-0.15, -0.1) is 11.3 Å². The van der Waals surface area contributed by atoms with Crippen molar-refractivity contribution in [2.24, 2.45) is 0 Å². The molecule has 0 spiro atoms. The highest BCUT2D eigenvalue weighted by molar-refractivity contribution is 7.15. The molecule has 5 nitrogen and oxygen atoms in total. The fourth-order valence-electron chi connectivity index (χ4n) is 5.27. The van der Waals surface area contributed by atoms with Crippen LogP contribution in [0.5, 0.6) is 0 Å². The predicted molar refractivity (Wildman–Crippen MR) is 148 cm³/mol. The molecule has 2 aromatic carbocycles. The Balaban J connectivity index is 1.59. The molecule has 0 N–H and O–H groups in total. The van der Waals surface area contributed by atoms with E-state index in [1.54, 1.807) is 33.2 Å². The minimum Gasteiger partial charge on any atom is -0.383 e. The normalized spacial score (nSPS) is 14.7. The monoisotopic (exact) mass is 553 g/mol. The van der Waals surface area contributed by atoms with Crippen LogP contribution in [0.15, 0.2) is 53.5 Å². The van der Waals surface area contributed by atoms with E-state index in [9.17, 15) is 13.6 Å². The second-order valence-electron chi connectivity index (χ2n) is 9.98. The van der Waals surface area contributed by atoms with Gasteiger partial charge in [0, 0.05) is 49.0 Å². The molecule has 3 heterocycles. The van der Waals surface area contributed by atoms with Crippen LogP contribution in [0.3, 0.4) is 0 Å². The van der Waals surface area contributed by atoms with E-state index >= 15 is 4.39 Å². The number of nitrogens with zero attached hydrogens (tertiary/aromatic N) is 3. The van der Waals surface area contributed by atoms with Gasteiger partial charge in [0.05, 0.1) is 27.9 Å². The first-order valence-corrected chi connectivity index (χ1v) is 13.7. The molecule has 2 aromatic heterocycles. The van der Waals surface area contributed by atoms with Gasteiger partial charge in [-0.2, -0.15) is 0 Å². The van der Waals surface area contributed by atoms with Crippen molar-refractivity contribution in [3.63, 3.8) is 0 Å². The second-order valence-corrected chi connectivity index (χ2v) is 11.0. The Bertz CT molecular complexity index is 1530. The summed E-state index contributed by atoms with van der Waals surface area (Å²) in [4.78, 5) is 20.9. The summed E-state index contributed by atoms with van der Waals surface area (Å²) < 4.78 is 49.5. The zero-order valence-electron chi connectivity index (χ0n) is 22.1. The van der Waals surface area contributed by atoms with E-state index in [2.05, 4.69) is 4.90 Å². The van der Waals surface area contributed by atoms with E-state index in [4.69, 9.17) is 9.72 Å². The molecular formula is C30H30F3N3O2S. The van der Waals surface area contributed by atoms with E-state index in [-0.39, 0.29) is 22.9 Å². The molecule has 9 heteroatoms. The summed E-state index contributed by atoms with van der Waals surface area (Å²) in [6.45, 7) is 6.90. The van der Waals surface area contributed by atoms with Crippen LogP contribution < -0.4 is 5.56 Å². The Morgan fingerprint density at radius 3 is 2.38 bits per heavy atom. The summed E-state index contributed by atoms with van der Waals surface area (Å²) >= 11 is 1.41. The summed E-state index contributed by atoms with van der Waals surface area (Å²) in [5, 5.41) is 0.891. The number of rotatable bonds is 7. The highest BCUT2D eigenvalue weighted by Gasteiger charge is 2.27. The van der Waals surface area contributed by atoms with E-state index in [1.807, 2.05) is 0 Å². The first-order valence-electron chi connectivity index (χ1n) is 12.9. The Labute approximate surface area is 229 Å². The summed E-state index contributed by atoms with van der Waals surface area (Å²) in [6.07, 6.45) is 3.50. The van der Waals surface area contributed by atoms with Crippen molar-refractivity contribution in [2.75, 3.05) is 33.4 Å². The van der Waals surface area contributed by atoms with Crippen LogP contribution in [0.4, 0.5) is 13.2 Å². The maximum atomic E-state index is 15.0. The number of pyridine rings is 1. The van der Waals surface area contributed by atoms with E-state index in [1.165, 1.54) is 46.2 Å². The molecule has 0 atom stereocenters. The third-order valence-electron chi connectivity index (χ3n) is 7.25. The van der Waals surface area contributed by atoms with Gasteiger partial charge in [-0.1, -0.05) is 0 Å². The maximum Gasteiger partial charge on any atom is 0.255 e. The molecule has 0 aliphatic carbocycles. The molecule has 1 aliphatic heterocycles. The number of halogens is 3. The van der Waals surface area contributed by atoms with Crippen molar-refractivity contribution in [1.29, 1.82) is 0 Å². The first kappa shape index (κ1) is 27.3. The van der Waals surface area contributed by atoms with E-state index in [0.29, 0.717) is 39.6 Å². The molecule has 39 heavy (non-hydrogen) atoms. The lowest BCUT2D eigenvalue weighted by Gasteiger charge is -2.30. The Morgan fingerprint density at radius 1 is 1.00 bits per heavy atom. The number of methoxy groups -OCH3 is 1. The van der Waals surface area contributed by atoms with Crippen LogP contribution >= 0.6 is 11.3 Å². The topological polar surface area (TPSA) is 47.4 Å². The molecule has 1 aliphatic rings. The van der Waals surface area contributed by atoms with Crippen LogP contribution in [-0.4, -0.2) is 47.8 Å². The van der Waals surface area contributed by atoms with Crippen LogP contribution in [-0.2, 0) is 4.74 Å². The lowest BCUT2D eigenvalue weighted by atomic mass is 9.97. The van der Waals surface area contributed by atoms with Gasteiger partial charge in [0.15, 0.2) is 0 Å². The van der Waals surface area contributed by atoms with Crippen LogP contribution in [0.25, 0.3) is 27.4 Å². The molecule has 1 fully saturated rings. The molecule has 5 rings (SSSR count). The van der Waals surface area contributed by atoms with Crippen molar-refractivity contribution in [2.45, 2.75) is 32.6 Å². The van der Waals surface area contributed by atoms with Crippen LogP contribution in [0.1, 0.15) is 34.9 Å². The van der Waals surface area contributed by atoms with Gasteiger partial charge >= 0.3 is 0 Å². The Hall–Kier alpha value is -3.27. The van der Waals surface area contributed by atoms with Gasteiger partial charge in [-0.25, -0.2) is 18.2 Å². The van der Waals surface area contributed by atoms with Gasteiger partial charge in [0.25, 0.3) is 5.56 Å². The zero-order chi connectivity index (χ0) is 27.7. The minimum absolute atomic E-state index is 0.206. The Kier molecular flexibility index (Phi) is 8.02. The van der Waals surface area contributed by atoms with E-state index < -0.39 is 11.6 Å². The fraction of sp³-hybridized carbons (Fsp3) is 0.333. The molecular weight excluding hydrogens is 523 g/mol. The van der Waals surface area contributed by atoms with Crippen molar-refractivity contribution >= 4 is 11.3 Å². The number of aromatic nitrogens is 2. The number of likely N-dealkylation sites (tertiary alicyclic amines) is 1. The highest BCUT2D eigenvalue weighted by Crippen LogP contribution is 2.42. The van der Waals surface area contributed by atoms with Crippen molar-refractivity contribution in [3.05, 3.63) is 92.6 Å². The number of piperidine rings is 1. The zero-order valence-corrected chi connectivity index (χ0v) is 23.0. The van der Waals surface area contributed by atoms with Crippen LogP contribution in [0, 0.1) is 31.3 Å². The van der Waals surface area contributed by atoms with Crippen LogP contribution in [0.2, 0.25) is 0 Å². The minimum atomic E-state index is -0.667. The van der Waals surface area contributed by atoms with Crippen molar-refractivity contribution in [1.82, 2.24) is 14.5 Å². The molecule has 204 valence electrons. The van der Waals surface area contributed by atoms with Crippen molar-refractivity contribution in [3.8, 4) is 27.4 Å². The SMILES string of the molecule is COCCN1CCC(c2nc(-c3ccc(=O)n(-c4c(C)cc(F)cc4C)c3)c(-c3ccc(F)cc3F)s2)CC1. The highest BCUT2D eigenvalue weighted by atomic mass is 32.1. The molecule has 0 bridgehead atoms. The standard InChI is InChI=1S/C30H30F3N3O2S/c1-18-14-23(32)15-19(2)28(18)36-17-21(4-7-26(36)37)27-29(24-6-5-22(31)16-25(24)33)39-30(34-27)20-8-10-35(11-9-20)12-13-38-3/h4-7,14-17,20H,8-13H2,1-3H3. The molecule has 1 saturated heterocycles. The second kappa shape index (κ2) is 11.5. The average Bonchev–Trinajstić information content (AvgIpc) is 3.33. The quantitative estimate of drug-likeness (QED) is 0.263. The smallest absolute Gasteiger partial charge is 0.255 e. The summed E-state index contributed by atoms with van der Waals surface area (Å²) in [6, 6.07) is 9.44. The number of hydrogen-bond acceptors (Lipinski definition) is 5. The van der Waals surface area contributed by atoms with Gasteiger partial charge in [0.1, 0.15) is 17.5 Å². The van der Waals surface area contributed by atoms with Gasteiger partial charge < -0.3 is 9.64 Å². The number of benzene rings is 2. The van der Waals surface area contributed by atoms with Gasteiger partial charge in [-0.05, 0) is 81.2 Å². The number of hydrogen-bond donors (Lipinski definition) is 0. The number of aryl methyl sites for hydroxylation is 2. The molecule has 0 saturated carbocycles. The first-order chi connectivity index (χ1) is 18.7. The molecule has 4 aromatic rings. The largest absolute Gasteiger partial charge is 0.383 e. The third-order valence-corrected chi connectivity index (χ3v) is 8.50. The lowest BCUT2D eigenvalue weighted by molar-refractivity contribution is 0.130. The average molecular weight is 554 g/mol. The third kappa shape index (κ3) is 5.71. The molecule has 0 radical (unpaired) electrons. The maximum absolute atomic E-state index is 15.0. The van der Waals surface area contributed by atoms with Gasteiger partial charge in [0.2, 0.25) is 0 Å². The summed E-state index contributed by atoms with van der Waals surface area (Å²) in [7, 11) is 1.70. The lowest BCUT2D eigenvalue weighted by Crippen LogP contribution is -2.35. The van der Waals surface area contributed by atoms with Gasteiger partial charge in [-0.3, -0.25) is 9.36 Å². The number of ether oxygens (including phenoxy) is 1. The molecule has 0 amide bonds. The summed E-state index contributed by atoms with van der Waals surface area (Å²) in [5.41, 5.74) is 2.98. The van der Waals surface area contributed by atoms with Crippen molar-refractivity contribution < 1.29 is 17.9 Å². The predicted octanol–water partition coefficient (Wildman–Crippen LogP) is 6.49. The molecule has 0 unspecified atom stereocenters. The fourth-order valence-corrected chi connectivity index (χ4v) is 6.56. The number of thiazole rings is 1. The van der Waals surface area contributed by atoms with E-state index in [0.717, 1.165) is 43.5 Å². The Morgan fingerprint density at radius 2 is 1.72 bits per heavy atom. The summed E-state index contributed by atoms with van der Waals surface area (Å²) in [5.74, 6) is -1.48.